The van der Waals surface area contributed by atoms with Crippen LogP contribution in [0.1, 0.15) is 73.4 Å². The Balaban J connectivity index is 2.13. The summed E-state index contributed by atoms with van der Waals surface area (Å²) in [5.41, 5.74) is -4.77. The highest BCUT2D eigenvalue weighted by Gasteiger charge is 2.53. The lowest BCUT2D eigenvalue weighted by Gasteiger charge is -2.39. The molecule has 0 bridgehead atoms. The zero-order valence-electron chi connectivity index (χ0n) is 16.6. The van der Waals surface area contributed by atoms with Crippen molar-refractivity contribution in [2.45, 2.75) is 31.3 Å². The third kappa shape index (κ3) is 2.53. The molecule has 31 heavy (non-hydrogen) atoms. The molecule has 4 rings (SSSR count). The lowest BCUT2D eigenvalue weighted by Crippen LogP contribution is -2.46. The van der Waals surface area contributed by atoms with Gasteiger partial charge in [-0.15, -0.1) is 0 Å². The van der Waals surface area contributed by atoms with Crippen molar-refractivity contribution in [3.63, 3.8) is 0 Å². The Kier molecular flexibility index (Phi) is 4.40. The van der Waals surface area contributed by atoms with Gasteiger partial charge in [0, 0.05) is 17.5 Å². The summed E-state index contributed by atoms with van der Waals surface area (Å²) >= 11 is 0. The predicted octanol–water partition coefficient (Wildman–Crippen LogP) is 1.56. The van der Waals surface area contributed by atoms with E-state index in [2.05, 4.69) is 0 Å². The summed E-state index contributed by atoms with van der Waals surface area (Å²) in [6.45, 7) is 1.53. The maximum absolute atomic E-state index is 13.1. The van der Waals surface area contributed by atoms with Crippen LogP contribution in [0.15, 0.2) is 18.2 Å². The number of hydrogen-bond acceptors (Lipinski definition) is 9. The molecule has 0 fully saturated rings. The highest BCUT2D eigenvalue weighted by Crippen LogP contribution is 2.53. The molecule has 0 aliphatic heterocycles. The first-order valence-electron chi connectivity index (χ1n) is 9.45. The van der Waals surface area contributed by atoms with Gasteiger partial charge in [-0.1, -0.05) is 19.1 Å². The molecule has 9 nitrogen and oxygen atoms in total. The van der Waals surface area contributed by atoms with Gasteiger partial charge >= 0.3 is 5.97 Å². The van der Waals surface area contributed by atoms with Crippen LogP contribution in [0.5, 0.6) is 17.2 Å². The van der Waals surface area contributed by atoms with Crippen LogP contribution >= 0.6 is 0 Å². The van der Waals surface area contributed by atoms with Gasteiger partial charge in [0.1, 0.15) is 23.2 Å². The number of carbonyl (C=O) groups excluding carboxylic acids is 4. The van der Waals surface area contributed by atoms with E-state index < -0.39 is 80.8 Å². The molecule has 0 radical (unpaired) electrons. The van der Waals surface area contributed by atoms with Crippen molar-refractivity contribution >= 4 is 23.3 Å². The van der Waals surface area contributed by atoms with Gasteiger partial charge in [-0.3, -0.25) is 19.2 Å². The Morgan fingerprint density at radius 2 is 1.68 bits per heavy atom. The molecule has 2 aromatic carbocycles. The molecule has 0 aromatic heterocycles. The number of aliphatic hydroxyl groups is 1. The molecule has 0 saturated heterocycles. The summed E-state index contributed by atoms with van der Waals surface area (Å²) in [6, 6.07) is 3.78. The fourth-order valence-electron chi connectivity index (χ4n) is 4.50. The number of phenolic OH excluding ortho intramolecular Hbond substituents is 3. The number of esters is 1. The number of aromatic hydroxyl groups is 3. The van der Waals surface area contributed by atoms with E-state index in [1.54, 1.807) is 0 Å². The second-order valence-corrected chi connectivity index (χ2v) is 7.61. The minimum atomic E-state index is -1.94. The van der Waals surface area contributed by atoms with Gasteiger partial charge in [-0.05, 0) is 12.5 Å². The molecule has 0 amide bonds. The maximum atomic E-state index is 13.1. The lowest BCUT2D eigenvalue weighted by atomic mass is 9.67. The van der Waals surface area contributed by atoms with E-state index in [-0.39, 0.29) is 17.5 Å². The number of methoxy groups -OCH3 is 1. The average molecular weight is 426 g/mol. The molecule has 2 aliphatic carbocycles. The smallest absolute Gasteiger partial charge is 0.316 e. The number of carbonyl (C=O) groups is 4. The van der Waals surface area contributed by atoms with E-state index in [1.807, 2.05) is 0 Å². The van der Waals surface area contributed by atoms with Gasteiger partial charge in [-0.25, -0.2) is 0 Å². The highest BCUT2D eigenvalue weighted by molar-refractivity contribution is 6.32. The summed E-state index contributed by atoms with van der Waals surface area (Å²) in [5, 5.41) is 43.0. The van der Waals surface area contributed by atoms with E-state index in [9.17, 15) is 39.6 Å². The van der Waals surface area contributed by atoms with E-state index >= 15 is 0 Å². The van der Waals surface area contributed by atoms with Crippen LogP contribution in [0.2, 0.25) is 0 Å². The number of hydrogen-bond donors (Lipinski definition) is 4. The molecular weight excluding hydrogens is 408 g/mol. The number of Topliss-reactive ketones (excluding diaryl/α,β-unsaturated/α-hetero) is 1. The van der Waals surface area contributed by atoms with Crippen molar-refractivity contribution in [1.82, 2.24) is 0 Å². The molecule has 0 saturated carbocycles. The quantitative estimate of drug-likeness (QED) is 0.352. The Morgan fingerprint density at radius 3 is 2.29 bits per heavy atom. The fraction of sp³-hybridized carbons (Fsp3) is 0.273. The van der Waals surface area contributed by atoms with E-state index in [4.69, 9.17) is 4.74 Å². The van der Waals surface area contributed by atoms with E-state index in [0.717, 1.165) is 7.11 Å². The normalized spacial score (nSPS) is 21.9. The Labute approximate surface area is 175 Å². The summed E-state index contributed by atoms with van der Waals surface area (Å²) < 4.78 is 4.75. The Morgan fingerprint density at radius 1 is 1.03 bits per heavy atom. The number of ketones is 3. The number of rotatable bonds is 2. The van der Waals surface area contributed by atoms with Crippen molar-refractivity contribution in [3.8, 4) is 17.2 Å². The summed E-state index contributed by atoms with van der Waals surface area (Å²) in [4.78, 5) is 51.6. The fourth-order valence-corrected chi connectivity index (χ4v) is 4.50. The van der Waals surface area contributed by atoms with Crippen molar-refractivity contribution in [3.05, 3.63) is 51.6 Å². The zero-order valence-corrected chi connectivity index (χ0v) is 16.6. The predicted molar refractivity (Wildman–Crippen MR) is 104 cm³/mol. The van der Waals surface area contributed by atoms with Crippen molar-refractivity contribution in [1.29, 1.82) is 0 Å². The Hall–Kier alpha value is -3.72. The topological polar surface area (TPSA) is 158 Å². The molecule has 9 heteroatoms. The lowest BCUT2D eigenvalue weighted by molar-refractivity contribution is -0.150. The van der Waals surface area contributed by atoms with Gasteiger partial charge in [0.05, 0.1) is 35.0 Å². The van der Waals surface area contributed by atoms with E-state index in [0.29, 0.717) is 0 Å². The third-order valence-corrected chi connectivity index (χ3v) is 6.07. The van der Waals surface area contributed by atoms with Gasteiger partial charge in [-0.2, -0.15) is 0 Å². The first-order valence-corrected chi connectivity index (χ1v) is 9.45. The highest BCUT2D eigenvalue weighted by atomic mass is 16.5. The second-order valence-electron chi connectivity index (χ2n) is 7.61. The standard InChI is InChI=1S/C22H18O9/c1-3-22(30)7-10(24)12-13(16(22)21(29)31-2)20(28)14-15(19(12)27)18(26)11-8(17(14)25)5-4-6-9(11)23/h4-6,16,23,27-28,30H,3,7H2,1-2H3/t16?,22-/m1/s1. The average Bonchev–Trinajstić information content (AvgIpc) is 2.73. The molecular formula is C22H18O9. The number of fused-ring (bicyclic) bond motifs is 3. The monoisotopic (exact) mass is 426 g/mol. The van der Waals surface area contributed by atoms with Crippen molar-refractivity contribution < 1.29 is 44.3 Å². The molecule has 2 aromatic rings. The molecule has 0 heterocycles. The summed E-state index contributed by atoms with van der Waals surface area (Å²) in [6.07, 6.45) is -0.648. The van der Waals surface area contributed by atoms with Crippen LogP contribution in [0, 0.1) is 0 Å². The first kappa shape index (κ1) is 20.5. The van der Waals surface area contributed by atoms with Gasteiger partial charge in [0.25, 0.3) is 0 Å². The molecule has 160 valence electrons. The van der Waals surface area contributed by atoms with E-state index in [1.165, 1.54) is 25.1 Å². The molecule has 4 N–H and O–H groups in total. The maximum Gasteiger partial charge on any atom is 0.316 e. The second kappa shape index (κ2) is 6.64. The third-order valence-electron chi connectivity index (χ3n) is 6.07. The Bertz CT molecular complexity index is 1210. The first-order chi connectivity index (χ1) is 14.6. The minimum Gasteiger partial charge on any atom is -0.507 e. The van der Waals surface area contributed by atoms with Gasteiger partial charge in [0.2, 0.25) is 5.78 Å². The summed E-state index contributed by atoms with van der Waals surface area (Å²) in [5.74, 6) is -7.51. The van der Waals surface area contributed by atoms with Crippen LogP contribution in [0.25, 0.3) is 0 Å². The number of ether oxygens (including phenoxy) is 1. The molecule has 0 spiro atoms. The van der Waals surface area contributed by atoms with Gasteiger partial charge < -0.3 is 25.2 Å². The SMILES string of the molecule is CC[C@@]1(O)CC(=O)c2c(O)c3c(c(O)c2C1C(=O)OC)C(=O)c1cccc(O)c1C3=O. The van der Waals surface area contributed by atoms with Crippen molar-refractivity contribution in [2.75, 3.05) is 7.11 Å². The minimum absolute atomic E-state index is 0.0706. The molecule has 1 unspecified atom stereocenters. The summed E-state index contributed by atoms with van der Waals surface area (Å²) in [7, 11) is 1.05. The van der Waals surface area contributed by atoms with Crippen LogP contribution in [-0.2, 0) is 9.53 Å². The number of benzene rings is 2. The van der Waals surface area contributed by atoms with Gasteiger partial charge in [0.15, 0.2) is 11.6 Å². The van der Waals surface area contributed by atoms with Crippen LogP contribution in [0.4, 0.5) is 0 Å². The zero-order chi connectivity index (χ0) is 22.8. The number of phenols is 3. The largest absolute Gasteiger partial charge is 0.507 e. The van der Waals surface area contributed by atoms with Crippen LogP contribution in [-0.4, -0.2) is 56.5 Å². The van der Waals surface area contributed by atoms with Crippen molar-refractivity contribution in [2.24, 2.45) is 0 Å². The van der Waals surface area contributed by atoms with Crippen LogP contribution < -0.4 is 0 Å². The van der Waals surface area contributed by atoms with Crippen LogP contribution in [0.3, 0.4) is 0 Å². The molecule has 2 aliphatic rings. The molecule has 2 atom stereocenters.